The fourth-order valence-electron chi connectivity index (χ4n) is 1.51. The third-order valence-electron chi connectivity index (χ3n) is 2.27. The van der Waals surface area contributed by atoms with Gasteiger partial charge in [-0.2, -0.15) is 0 Å². The summed E-state index contributed by atoms with van der Waals surface area (Å²) in [4.78, 5) is 22.0. The molecule has 0 aliphatic heterocycles. The molecule has 2 atom stereocenters. The summed E-state index contributed by atoms with van der Waals surface area (Å²) < 4.78 is 4.83. The van der Waals surface area contributed by atoms with Gasteiger partial charge in [-0.1, -0.05) is 12.2 Å². The van der Waals surface area contributed by atoms with E-state index < -0.39 is 11.9 Å². The maximum atomic E-state index is 11.3. The fourth-order valence-corrected chi connectivity index (χ4v) is 1.51. The molecule has 4 heteroatoms. The summed E-state index contributed by atoms with van der Waals surface area (Å²) in [5.74, 6) is -2.00. The molecule has 0 aromatic carbocycles. The standard InChI is InChI=1S/C10H14O4/c1-2-14-10(13)8-5-3-4-7(6-8)9(11)12/h3,5,7-8H,2,4,6H2,1H3,(H,11,12). The van der Waals surface area contributed by atoms with Gasteiger partial charge in [0.05, 0.1) is 18.4 Å². The normalized spacial score (nSPS) is 25.8. The average Bonchev–Trinajstić information content (AvgIpc) is 2.18. The molecular formula is C10H14O4. The Hall–Kier alpha value is -1.32. The van der Waals surface area contributed by atoms with Gasteiger partial charge in [0.1, 0.15) is 0 Å². The molecule has 0 radical (unpaired) electrons. The van der Waals surface area contributed by atoms with Gasteiger partial charge in [0.15, 0.2) is 0 Å². The second-order valence-corrected chi connectivity index (χ2v) is 3.29. The van der Waals surface area contributed by atoms with Gasteiger partial charge in [0.25, 0.3) is 0 Å². The lowest BCUT2D eigenvalue weighted by molar-refractivity contribution is -0.148. The predicted molar refractivity (Wildman–Crippen MR) is 49.6 cm³/mol. The highest BCUT2D eigenvalue weighted by Gasteiger charge is 2.28. The summed E-state index contributed by atoms with van der Waals surface area (Å²) >= 11 is 0. The molecule has 2 unspecified atom stereocenters. The molecule has 0 saturated heterocycles. The van der Waals surface area contributed by atoms with E-state index in [0.29, 0.717) is 19.4 Å². The van der Waals surface area contributed by atoms with Crippen LogP contribution in [0.5, 0.6) is 0 Å². The highest BCUT2D eigenvalue weighted by atomic mass is 16.5. The van der Waals surface area contributed by atoms with Crippen molar-refractivity contribution in [3.8, 4) is 0 Å². The number of carbonyl (C=O) groups excluding carboxylic acids is 1. The van der Waals surface area contributed by atoms with Gasteiger partial charge in [-0.05, 0) is 19.8 Å². The Bertz CT molecular complexity index is 257. The number of aliphatic carboxylic acids is 1. The number of carboxylic acids is 1. The van der Waals surface area contributed by atoms with Crippen molar-refractivity contribution in [3.05, 3.63) is 12.2 Å². The van der Waals surface area contributed by atoms with Crippen LogP contribution < -0.4 is 0 Å². The zero-order valence-corrected chi connectivity index (χ0v) is 8.10. The number of esters is 1. The van der Waals surface area contributed by atoms with Gasteiger partial charge in [0.2, 0.25) is 0 Å². The maximum absolute atomic E-state index is 11.3. The second-order valence-electron chi connectivity index (χ2n) is 3.29. The Morgan fingerprint density at radius 1 is 1.57 bits per heavy atom. The third-order valence-corrected chi connectivity index (χ3v) is 2.27. The molecule has 14 heavy (non-hydrogen) atoms. The van der Waals surface area contributed by atoms with E-state index in [1.54, 1.807) is 19.1 Å². The lowest BCUT2D eigenvalue weighted by Crippen LogP contribution is -2.25. The van der Waals surface area contributed by atoms with E-state index in [4.69, 9.17) is 9.84 Å². The Balaban J connectivity index is 2.56. The number of carbonyl (C=O) groups is 2. The van der Waals surface area contributed by atoms with Crippen molar-refractivity contribution in [1.82, 2.24) is 0 Å². The van der Waals surface area contributed by atoms with Crippen molar-refractivity contribution in [2.45, 2.75) is 19.8 Å². The van der Waals surface area contributed by atoms with Crippen LogP contribution in [0.2, 0.25) is 0 Å². The highest BCUT2D eigenvalue weighted by molar-refractivity contribution is 5.77. The first-order valence-corrected chi connectivity index (χ1v) is 4.71. The van der Waals surface area contributed by atoms with Gasteiger partial charge < -0.3 is 9.84 Å². The third kappa shape index (κ3) is 2.58. The molecule has 0 amide bonds. The summed E-state index contributed by atoms with van der Waals surface area (Å²) in [6, 6.07) is 0. The minimum Gasteiger partial charge on any atom is -0.481 e. The van der Waals surface area contributed by atoms with Gasteiger partial charge in [0, 0.05) is 0 Å². The van der Waals surface area contributed by atoms with E-state index in [1.165, 1.54) is 0 Å². The van der Waals surface area contributed by atoms with E-state index in [0.717, 1.165) is 0 Å². The van der Waals surface area contributed by atoms with Crippen LogP contribution in [0.1, 0.15) is 19.8 Å². The smallest absolute Gasteiger partial charge is 0.312 e. The Labute approximate surface area is 82.6 Å². The van der Waals surface area contributed by atoms with Crippen LogP contribution in [-0.4, -0.2) is 23.7 Å². The summed E-state index contributed by atoms with van der Waals surface area (Å²) in [6.07, 6.45) is 4.33. The molecule has 0 spiro atoms. The molecule has 0 aromatic heterocycles. The van der Waals surface area contributed by atoms with Crippen LogP contribution in [-0.2, 0) is 14.3 Å². The molecule has 0 heterocycles. The number of allylic oxidation sites excluding steroid dienone is 1. The maximum Gasteiger partial charge on any atom is 0.312 e. The first-order valence-electron chi connectivity index (χ1n) is 4.71. The highest BCUT2D eigenvalue weighted by Crippen LogP contribution is 2.24. The van der Waals surface area contributed by atoms with Crippen molar-refractivity contribution in [1.29, 1.82) is 0 Å². The monoisotopic (exact) mass is 198 g/mol. The number of hydrogen-bond acceptors (Lipinski definition) is 3. The van der Waals surface area contributed by atoms with Gasteiger partial charge in [-0.3, -0.25) is 9.59 Å². The SMILES string of the molecule is CCOC(=O)C1C=CCC(C(=O)O)C1. The summed E-state index contributed by atoms with van der Waals surface area (Å²) in [5, 5.41) is 8.78. The molecule has 0 saturated carbocycles. The molecule has 4 nitrogen and oxygen atoms in total. The van der Waals surface area contributed by atoms with Crippen LogP contribution >= 0.6 is 0 Å². The average molecular weight is 198 g/mol. The van der Waals surface area contributed by atoms with Crippen molar-refractivity contribution in [2.24, 2.45) is 11.8 Å². The minimum atomic E-state index is -0.844. The van der Waals surface area contributed by atoms with E-state index in [2.05, 4.69) is 0 Å². The molecule has 78 valence electrons. The first-order chi connectivity index (χ1) is 6.65. The summed E-state index contributed by atoms with van der Waals surface area (Å²) in [7, 11) is 0. The van der Waals surface area contributed by atoms with Gasteiger partial charge in [-0.15, -0.1) is 0 Å². The van der Waals surface area contributed by atoms with E-state index >= 15 is 0 Å². The number of carboxylic acid groups (broad SMARTS) is 1. The van der Waals surface area contributed by atoms with Crippen LogP contribution in [0.4, 0.5) is 0 Å². The van der Waals surface area contributed by atoms with Crippen LogP contribution in [0, 0.1) is 11.8 Å². The Kier molecular flexibility index (Phi) is 3.68. The molecule has 1 aliphatic carbocycles. The quantitative estimate of drug-likeness (QED) is 0.547. The molecule has 1 aliphatic rings. The second kappa shape index (κ2) is 4.79. The van der Waals surface area contributed by atoms with Gasteiger partial charge >= 0.3 is 11.9 Å². The van der Waals surface area contributed by atoms with Crippen molar-refractivity contribution in [2.75, 3.05) is 6.61 Å². The Morgan fingerprint density at radius 2 is 2.29 bits per heavy atom. The van der Waals surface area contributed by atoms with E-state index in [9.17, 15) is 9.59 Å². The molecular weight excluding hydrogens is 184 g/mol. The molecule has 0 bridgehead atoms. The lowest BCUT2D eigenvalue weighted by Gasteiger charge is -2.20. The predicted octanol–water partition coefficient (Wildman–Crippen LogP) is 1.22. The fraction of sp³-hybridized carbons (Fsp3) is 0.600. The molecule has 0 fully saturated rings. The topological polar surface area (TPSA) is 63.6 Å². The summed E-state index contributed by atoms with van der Waals surface area (Å²) in [6.45, 7) is 2.07. The number of ether oxygens (including phenoxy) is 1. The largest absolute Gasteiger partial charge is 0.481 e. The minimum absolute atomic E-state index is 0.324. The number of hydrogen-bond donors (Lipinski definition) is 1. The van der Waals surface area contributed by atoms with Crippen molar-refractivity contribution >= 4 is 11.9 Å². The van der Waals surface area contributed by atoms with E-state index in [1.807, 2.05) is 0 Å². The first kappa shape index (κ1) is 10.8. The zero-order valence-electron chi connectivity index (χ0n) is 8.10. The van der Waals surface area contributed by atoms with Crippen molar-refractivity contribution in [3.63, 3.8) is 0 Å². The molecule has 0 aromatic rings. The molecule has 1 N–H and O–H groups in total. The molecule has 1 rings (SSSR count). The zero-order chi connectivity index (χ0) is 10.6. The lowest BCUT2D eigenvalue weighted by atomic mass is 9.87. The van der Waals surface area contributed by atoms with E-state index in [-0.39, 0.29) is 11.9 Å². The van der Waals surface area contributed by atoms with Crippen LogP contribution in [0.25, 0.3) is 0 Å². The van der Waals surface area contributed by atoms with Crippen LogP contribution in [0.3, 0.4) is 0 Å². The number of rotatable bonds is 3. The van der Waals surface area contributed by atoms with Crippen molar-refractivity contribution < 1.29 is 19.4 Å². The van der Waals surface area contributed by atoms with Gasteiger partial charge in [-0.25, -0.2) is 0 Å². The summed E-state index contributed by atoms with van der Waals surface area (Å²) in [5.41, 5.74) is 0. The Morgan fingerprint density at radius 3 is 2.86 bits per heavy atom. The van der Waals surface area contributed by atoms with Crippen LogP contribution in [0.15, 0.2) is 12.2 Å².